The number of hydrogen-bond donors (Lipinski definition) is 4. The minimum atomic E-state index is -1.52. The second kappa shape index (κ2) is 11.3. The van der Waals surface area contributed by atoms with E-state index in [9.17, 15) is 14.4 Å². The number of benzene rings is 2. The number of piperidine rings is 1. The van der Waals surface area contributed by atoms with Crippen LogP contribution >= 0.6 is 11.8 Å². The van der Waals surface area contributed by atoms with Gasteiger partial charge in [-0.15, -0.1) is 11.8 Å². The molecule has 4 unspecified atom stereocenters. The number of nitrogens with two attached hydrogens (primary N) is 3. The van der Waals surface area contributed by atoms with Gasteiger partial charge in [-0.1, -0.05) is 12.1 Å². The van der Waals surface area contributed by atoms with Gasteiger partial charge < -0.3 is 36.9 Å². The smallest absolute Gasteiger partial charge is 0.410 e. The highest BCUT2D eigenvalue weighted by atomic mass is 32.2. The zero-order valence-electron chi connectivity index (χ0n) is 25.7. The zero-order chi connectivity index (χ0) is 31.4. The molecule has 10 nitrogen and oxygen atoms in total. The van der Waals surface area contributed by atoms with Crippen molar-refractivity contribution in [3.63, 3.8) is 0 Å². The zero-order valence-corrected chi connectivity index (χ0v) is 26.5. The molecule has 0 radical (unpaired) electrons. The van der Waals surface area contributed by atoms with E-state index in [2.05, 4.69) is 5.32 Å². The predicted molar refractivity (Wildman–Crippen MR) is 167 cm³/mol. The lowest BCUT2D eigenvalue weighted by Gasteiger charge is -2.41. The molecule has 232 valence electrons. The molecule has 2 aromatic carbocycles. The average Bonchev–Trinajstić information content (AvgIpc) is 3.33. The van der Waals surface area contributed by atoms with Crippen LogP contribution in [0.1, 0.15) is 75.6 Å². The third-order valence-electron chi connectivity index (χ3n) is 8.30. The Labute approximate surface area is 257 Å². The summed E-state index contributed by atoms with van der Waals surface area (Å²) in [6.45, 7) is 12.2. The molecule has 1 fully saturated rings. The van der Waals surface area contributed by atoms with Crippen LogP contribution in [0.25, 0.3) is 0 Å². The number of hydrogen-bond acceptors (Lipinski definition) is 9. The Morgan fingerprint density at radius 2 is 1.91 bits per heavy atom. The molecule has 5 atom stereocenters. The van der Waals surface area contributed by atoms with E-state index in [4.69, 9.17) is 26.7 Å². The number of Topliss-reactive ketones (excluding diaryl/α,β-unsaturated/α-hetero) is 1. The highest BCUT2D eigenvalue weighted by molar-refractivity contribution is 8.01. The molecule has 1 aliphatic carbocycles. The fraction of sp³-hybridized carbons (Fsp3) is 0.531. The summed E-state index contributed by atoms with van der Waals surface area (Å²) < 4.78 is 11.4. The number of thioether (sulfide) groups is 1. The number of rotatable bonds is 5. The van der Waals surface area contributed by atoms with E-state index in [1.807, 2.05) is 59.7 Å². The molecule has 3 aliphatic rings. The lowest BCUT2D eigenvalue weighted by molar-refractivity contribution is -0.126. The van der Waals surface area contributed by atoms with E-state index in [0.717, 1.165) is 34.6 Å². The molecular weight excluding hydrogens is 566 g/mol. The second-order valence-electron chi connectivity index (χ2n) is 13.1. The lowest BCUT2D eigenvalue weighted by Crippen LogP contribution is -2.61. The van der Waals surface area contributed by atoms with Crippen molar-refractivity contribution in [3.8, 4) is 5.75 Å². The molecule has 43 heavy (non-hydrogen) atoms. The summed E-state index contributed by atoms with van der Waals surface area (Å²) in [5.74, 6) is -0.480. The lowest BCUT2D eigenvalue weighted by atomic mass is 9.65. The topological polar surface area (TPSA) is 163 Å². The van der Waals surface area contributed by atoms with Crippen molar-refractivity contribution in [1.29, 1.82) is 0 Å². The average molecular weight is 610 g/mol. The van der Waals surface area contributed by atoms with E-state index in [-0.39, 0.29) is 23.8 Å². The summed E-state index contributed by atoms with van der Waals surface area (Å²) in [5.41, 5.74) is 21.4. The molecule has 2 aliphatic heterocycles. The summed E-state index contributed by atoms with van der Waals surface area (Å²) in [6, 6.07) is 7.76. The van der Waals surface area contributed by atoms with E-state index in [1.165, 1.54) is 11.8 Å². The van der Waals surface area contributed by atoms with Crippen LogP contribution in [0.5, 0.6) is 5.75 Å². The summed E-state index contributed by atoms with van der Waals surface area (Å²) in [5, 5.41) is 2.45. The van der Waals surface area contributed by atoms with E-state index < -0.39 is 34.4 Å². The molecule has 7 N–H and O–H groups in total. The quantitative estimate of drug-likeness (QED) is 0.371. The Bertz CT molecular complexity index is 1460. The number of nitrogen functional groups attached to an aromatic ring is 1. The van der Waals surface area contributed by atoms with Gasteiger partial charge in [0.15, 0.2) is 5.78 Å². The summed E-state index contributed by atoms with van der Waals surface area (Å²) in [7, 11) is 0. The summed E-state index contributed by atoms with van der Waals surface area (Å²) in [6.07, 6.45) is 1.05. The van der Waals surface area contributed by atoms with Crippen LogP contribution in [0.2, 0.25) is 0 Å². The maximum atomic E-state index is 14.1. The number of carbonyl (C=O) groups is 3. The third-order valence-corrected chi connectivity index (χ3v) is 9.76. The number of nitrogens with zero attached hydrogens (tertiary/aromatic N) is 1. The van der Waals surface area contributed by atoms with Crippen LogP contribution < -0.4 is 27.3 Å². The monoisotopic (exact) mass is 609 g/mol. The van der Waals surface area contributed by atoms with E-state index >= 15 is 0 Å². The van der Waals surface area contributed by atoms with Gasteiger partial charge in [-0.3, -0.25) is 9.59 Å². The van der Waals surface area contributed by atoms with Gasteiger partial charge in [-0.05, 0) is 94.8 Å². The second-order valence-corrected chi connectivity index (χ2v) is 14.3. The number of ether oxygens (including phenoxy) is 2. The fourth-order valence-corrected chi connectivity index (χ4v) is 7.82. The van der Waals surface area contributed by atoms with Gasteiger partial charge in [-0.25, -0.2) is 4.79 Å². The minimum Gasteiger partial charge on any atom is -0.491 e. The number of anilines is 1. The molecule has 11 heteroatoms. The van der Waals surface area contributed by atoms with Crippen molar-refractivity contribution < 1.29 is 23.9 Å². The van der Waals surface area contributed by atoms with Gasteiger partial charge in [0.25, 0.3) is 0 Å². The largest absolute Gasteiger partial charge is 0.491 e. The number of ketones is 1. The highest BCUT2D eigenvalue weighted by Crippen LogP contribution is 2.56. The Hall–Kier alpha value is -3.28. The van der Waals surface area contributed by atoms with Gasteiger partial charge in [0.05, 0.1) is 17.4 Å². The number of amides is 2. The first-order valence-electron chi connectivity index (χ1n) is 14.9. The van der Waals surface area contributed by atoms with Gasteiger partial charge in [0, 0.05) is 35.6 Å². The minimum absolute atomic E-state index is 0.00338. The highest BCUT2D eigenvalue weighted by Gasteiger charge is 2.56. The normalized spacial score (nSPS) is 26.7. The third kappa shape index (κ3) is 5.70. The first kappa shape index (κ1) is 31.2. The molecule has 0 saturated carbocycles. The molecule has 2 aromatic rings. The van der Waals surface area contributed by atoms with Crippen molar-refractivity contribution in [2.75, 3.05) is 18.8 Å². The Morgan fingerprint density at radius 3 is 2.56 bits per heavy atom. The molecule has 0 spiro atoms. The summed E-state index contributed by atoms with van der Waals surface area (Å²) >= 11 is 1.33. The first-order chi connectivity index (χ1) is 20.1. The van der Waals surface area contributed by atoms with Crippen LogP contribution in [-0.4, -0.2) is 64.8 Å². The van der Waals surface area contributed by atoms with Gasteiger partial charge in [0.1, 0.15) is 16.9 Å². The van der Waals surface area contributed by atoms with Crippen LogP contribution in [0.15, 0.2) is 35.2 Å². The van der Waals surface area contributed by atoms with Gasteiger partial charge in [0.2, 0.25) is 5.91 Å². The number of nitrogens with one attached hydrogen (secondary N) is 1. The molecule has 0 aromatic heterocycles. The maximum Gasteiger partial charge on any atom is 0.410 e. The van der Waals surface area contributed by atoms with Crippen molar-refractivity contribution in [2.24, 2.45) is 11.5 Å². The Balaban J connectivity index is 1.43. The van der Waals surface area contributed by atoms with Crippen LogP contribution in [0, 0.1) is 6.92 Å². The SMILES string of the molecule is Cc1cc(C2(N)C(=O)C(N)C3c4c2ccc(N)c4SC3C(=O)N[C@@H]2CCCN(C(=O)OC(C)(C)C)C2)ccc1OC(C)C. The van der Waals surface area contributed by atoms with Crippen LogP contribution in [-0.2, 0) is 19.9 Å². The summed E-state index contributed by atoms with van der Waals surface area (Å²) in [4.78, 5) is 43.0. The predicted octanol–water partition coefficient (Wildman–Crippen LogP) is 3.55. The maximum absolute atomic E-state index is 14.1. The van der Waals surface area contributed by atoms with Gasteiger partial charge in [-0.2, -0.15) is 0 Å². The standard InChI is InChI=1S/C32H43N5O5S/c1-16(2)41-22-12-9-18(14-17(22)3)32(35)20-10-11-21(33)26-23(20)24(25(34)28(32)38)27(43-26)29(39)36-19-8-7-13-37(15-19)30(40)42-31(4,5)6/h9-12,14,16,19,24-25,27H,7-8,13,15,33-35H2,1-6H3,(H,36,39)/t19-,24?,25?,27?,32?/m1/s1. The Kier molecular flexibility index (Phi) is 8.21. The molecule has 2 heterocycles. The fourth-order valence-electron chi connectivity index (χ4n) is 6.37. The molecule has 0 bridgehead atoms. The number of likely N-dealkylation sites (tertiary alicyclic amines) is 1. The van der Waals surface area contributed by atoms with Crippen LogP contribution in [0.3, 0.4) is 0 Å². The van der Waals surface area contributed by atoms with Crippen molar-refractivity contribution in [1.82, 2.24) is 10.2 Å². The molecule has 1 saturated heterocycles. The number of aryl methyl sites for hydroxylation is 1. The van der Waals surface area contributed by atoms with Crippen molar-refractivity contribution >= 4 is 35.2 Å². The van der Waals surface area contributed by atoms with E-state index in [0.29, 0.717) is 29.9 Å². The van der Waals surface area contributed by atoms with E-state index in [1.54, 1.807) is 17.0 Å². The molecule has 5 rings (SSSR count). The molecule has 2 amide bonds. The first-order valence-corrected chi connectivity index (χ1v) is 15.7. The number of carbonyl (C=O) groups excluding carboxylic acids is 3. The van der Waals surface area contributed by atoms with Crippen molar-refractivity contribution in [2.45, 2.75) is 99.8 Å². The van der Waals surface area contributed by atoms with Crippen molar-refractivity contribution in [3.05, 3.63) is 52.6 Å². The molecular formula is C32H43N5O5S. The van der Waals surface area contributed by atoms with Crippen LogP contribution in [0.4, 0.5) is 10.5 Å². The van der Waals surface area contributed by atoms with Gasteiger partial charge >= 0.3 is 6.09 Å². The Morgan fingerprint density at radius 1 is 1.19 bits per heavy atom.